The van der Waals surface area contributed by atoms with Crippen molar-refractivity contribution >= 4 is 34.1 Å². The first-order chi connectivity index (χ1) is 20.4. The van der Waals surface area contributed by atoms with Gasteiger partial charge in [-0.1, -0.05) is 11.6 Å². The summed E-state index contributed by atoms with van der Waals surface area (Å²) in [5.74, 6) is -1.29. The lowest BCUT2D eigenvalue weighted by atomic mass is 9.95. The van der Waals surface area contributed by atoms with Gasteiger partial charge >= 0.3 is 12.2 Å². The third-order valence-electron chi connectivity index (χ3n) is 9.03. The summed E-state index contributed by atoms with van der Waals surface area (Å²) in [6.07, 6.45) is -4.58. The Labute approximate surface area is 248 Å². The van der Waals surface area contributed by atoms with E-state index in [9.17, 15) is 17.6 Å². The Morgan fingerprint density at radius 3 is 2.79 bits per heavy atom. The molecule has 0 bridgehead atoms. The lowest BCUT2D eigenvalue weighted by Crippen LogP contribution is -2.44. The van der Waals surface area contributed by atoms with Crippen LogP contribution < -0.4 is 20.1 Å². The van der Waals surface area contributed by atoms with Crippen molar-refractivity contribution in [2.75, 3.05) is 50.6 Å². The molecule has 2 aromatic heterocycles. The highest BCUT2D eigenvalue weighted by atomic mass is 35.5. The molecule has 230 valence electrons. The molecule has 3 aromatic rings. The number of likely N-dealkylation sites (N-methyl/N-ethyl adjacent to an activating group) is 1. The monoisotopic (exact) mass is 626 g/mol. The molecule has 15 heteroatoms. The topological polar surface area (TPSA) is 98.9 Å². The number of rotatable bonds is 4. The fourth-order valence-corrected chi connectivity index (χ4v) is 7.37. The van der Waals surface area contributed by atoms with Crippen LogP contribution in [0.5, 0.6) is 11.8 Å². The van der Waals surface area contributed by atoms with Crippen molar-refractivity contribution in [2.24, 2.45) is 0 Å². The molecular formula is C28H28ClF5N6O3. The molecule has 4 atom stereocenters. The maximum atomic E-state index is 16.7. The number of fused-ring (bicyclic) bond motifs is 2. The first-order valence-corrected chi connectivity index (χ1v) is 14.3. The van der Waals surface area contributed by atoms with Crippen LogP contribution in [0.15, 0.2) is 6.07 Å². The molecule has 2 N–H and O–H groups in total. The molecular weight excluding hydrogens is 599 g/mol. The van der Waals surface area contributed by atoms with E-state index in [-0.39, 0.29) is 65.7 Å². The van der Waals surface area contributed by atoms with E-state index < -0.39 is 51.7 Å². The minimum atomic E-state index is -4.91. The summed E-state index contributed by atoms with van der Waals surface area (Å²) < 4.78 is 91.9. The minimum absolute atomic E-state index is 0.0663. The van der Waals surface area contributed by atoms with Gasteiger partial charge in [-0.2, -0.15) is 23.1 Å². The predicted octanol–water partition coefficient (Wildman–Crippen LogP) is 4.94. The van der Waals surface area contributed by atoms with Gasteiger partial charge in [0, 0.05) is 20.0 Å². The van der Waals surface area contributed by atoms with Gasteiger partial charge in [-0.15, -0.1) is 0 Å². The summed E-state index contributed by atoms with van der Waals surface area (Å²) in [5.41, 5.74) is 2.08. The third kappa shape index (κ3) is 4.43. The number of hydrogen-bond acceptors (Lipinski definition) is 9. The van der Waals surface area contributed by atoms with Crippen molar-refractivity contribution in [3.63, 3.8) is 0 Å². The third-order valence-corrected chi connectivity index (χ3v) is 9.39. The van der Waals surface area contributed by atoms with E-state index in [1.807, 2.05) is 0 Å². The van der Waals surface area contributed by atoms with Crippen LogP contribution in [0.4, 0.5) is 33.6 Å². The molecule has 9 nitrogen and oxygen atoms in total. The second kappa shape index (κ2) is 9.89. The van der Waals surface area contributed by atoms with Crippen molar-refractivity contribution in [3.05, 3.63) is 28.0 Å². The van der Waals surface area contributed by atoms with E-state index in [0.717, 1.165) is 25.5 Å². The summed E-state index contributed by atoms with van der Waals surface area (Å²) in [5, 5.41) is -0.345. The molecule has 0 saturated carbocycles. The standard InChI is InChI=1S/C28H28ClF5N6O3/c1-12-6-16(35)36-22(19(12)28(32,33)34)17-20(29)24-18-23(21(17)31)37-26(38-25(18)39(2)14-9-41-10-15(14)43-24)42-11-27-4-3-5-40(27)8-13(30)7-27/h6,13-15H,3-5,7-11H2,1-2H3,(H2,35,36)/t13-,14?,15?,27+/m1/s1. The highest BCUT2D eigenvalue weighted by Crippen LogP contribution is 2.51. The zero-order valence-corrected chi connectivity index (χ0v) is 24.0. The molecule has 2 unspecified atom stereocenters. The maximum Gasteiger partial charge on any atom is 0.418 e. The molecule has 0 radical (unpaired) electrons. The molecule has 7 rings (SSSR count). The average molecular weight is 627 g/mol. The number of pyridine rings is 1. The first-order valence-electron chi connectivity index (χ1n) is 13.9. The van der Waals surface area contributed by atoms with Crippen molar-refractivity contribution < 1.29 is 36.2 Å². The predicted molar refractivity (Wildman–Crippen MR) is 148 cm³/mol. The highest BCUT2D eigenvalue weighted by Gasteiger charge is 2.50. The molecule has 0 aliphatic carbocycles. The Balaban J connectivity index is 1.44. The zero-order chi connectivity index (χ0) is 30.4. The average Bonchev–Trinajstić information content (AvgIpc) is 3.60. The van der Waals surface area contributed by atoms with Gasteiger partial charge in [-0.25, -0.2) is 13.8 Å². The highest BCUT2D eigenvalue weighted by molar-refractivity contribution is 6.36. The molecule has 0 amide bonds. The number of halogens is 6. The SMILES string of the molecule is Cc1cc(N)nc(-c2c(Cl)c3c4c(nc(OC[C@@]56CCCN5C[C@H](F)C6)nc4c2F)N(C)C2COCC2O3)c1C(F)(F)F. The van der Waals surface area contributed by atoms with Crippen LogP contribution in [0, 0.1) is 12.7 Å². The van der Waals surface area contributed by atoms with Gasteiger partial charge in [0.25, 0.3) is 0 Å². The van der Waals surface area contributed by atoms with Gasteiger partial charge in [0.15, 0.2) is 11.6 Å². The number of ether oxygens (including phenoxy) is 3. The van der Waals surface area contributed by atoms with Crippen LogP contribution in [0.1, 0.15) is 30.4 Å². The number of aryl methyl sites for hydroxylation is 1. The number of nitrogen functional groups attached to an aromatic ring is 1. The second-order valence-electron chi connectivity index (χ2n) is 11.7. The van der Waals surface area contributed by atoms with Crippen molar-refractivity contribution in [1.29, 1.82) is 0 Å². The number of aromatic nitrogens is 3. The summed E-state index contributed by atoms with van der Waals surface area (Å²) in [4.78, 5) is 16.6. The number of alkyl halides is 4. The van der Waals surface area contributed by atoms with E-state index in [4.69, 9.17) is 31.5 Å². The molecule has 43 heavy (non-hydrogen) atoms. The molecule has 6 heterocycles. The molecule has 0 spiro atoms. The van der Waals surface area contributed by atoms with Crippen LogP contribution in [-0.4, -0.2) is 83.7 Å². The largest absolute Gasteiger partial charge is 0.483 e. The minimum Gasteiger partial charge on any atom is -0.483 e. The molecule has 4 aliphatic heterocycles. The number of nitrogens with two attached hydrogens (primary N) is 1. The van der Waals surface area contributed by atoms with Crippen molar-refractivity contribution in [2.45, 2.75) is 56.2 Å². The Hall–Kier alpha value is -3.23. The number of hydrogen-bond donors (Lipinski definition) is 1. The van der Waals surface area contributed by atoms with Crippen molar-refractivity contribution in [3.8, 4) is 23.0 Å². The number of benzene rings is 1. The van der Waals surface area contributed by atoms with Crippen LogP contribution >= 0.6 is 11.6 Å². The molecule has 3 saturated heterocycles. The lowest BCUT2D eigenvalue weighted by molar-refractivity contribution is -0.137. The lowest BCUT2D eigenvalue weighted by Gasteiger charge is -2.31. The Kier molecular flexibility index (Phi) is 6.57. The van der Waals surface area contributed by atoms with Gasteiger partial charge in [-0.3, -0.25) is 4.90 Å². The van der Waals surface area contributed by atoms with Crippen LogP contribution in [0.2, 0.25) is 5.02 Å². The Bertz CT molecular complexity index is 1640. The van der Waals surface area contributed by atoms with Gasteiger partial charge in [-0.05, 0) is 37.9 Å². The molecule has 4 aliphatic rings. The Morgan fingerprint density at radius 1 is 1.23 bits per heavy atom. The quantitative estimate of drug-likeness (QED) is 0.404. The summed E-state index contributed by atoms with van der Waals surface area (Å²) in [6, 6.07) is 0.481. The van der Waals surface area contributed by atoms with E-state index in [1.54, 1.807) is 11.9 Å². The molecule has 1 aromatic carbocycles. The van der Waals surface area contributed by atoms with E-state index in [2.05, 4.69) is 19.9 Å². The normalized spacial score (nSPS) is 26.9. The first kappa shape index (κ1) is 28.5. The van der Waals surface area contributed by atoms with E-state index in [0.29, 0.717) is 13.0 Å². The van der Waals surface area contributed by atoms with Gasteiger partial charge < -0.3 is 24.8 Å². The fourth-order valence-electron chi connectivity index (χ4n) is 7.06. The zero-order valence-electron chi connectivity index (χ0n) is 23.3. The number of anilines is 2. The van der Waals surface area contributed by atoms with Gasteiger partial charge in [0.1, 0.15) is 36.0 Å². The second-order valence-corrected chi connectivity index (χ2v) is 12.1. The summed E-state index contributed by atoms with van der Waals surface area (Å²) in [7, 11) is 1.72. The van der Waals surface area contributed by atoms with Crippen LogP contribution in [-0.2, 0) is 10.9 Å². The van der Waals surface area contributed by atoms with Gasteiger partial charge in [0.05, 0.1) is 52.0 Å². The summed E-state index contributed by atoms with van der Waals surface area (Å²) in [6.45, 7) is 2.75. The number of nitrogens with zero attached hydrogens (tertiary/aromatic N) is 5. The molecule has 3 fully saturated rings. The van der Waals surface area contributed by atoms with Crippen molar-refractivity contribution in [1.82, 2.24) is 19.9 Å². The van der Waals surface area contributed by atoms with Crippen LogP contribution in [0.25, 0.3) is 22.2 Å². The summed E-state index contributed by atoms with van der Waals surface area (Å²) >= 11 is 6.73. The smallest absolute Gasteiger partial charge is 0.418 e. The fraction of sp³-hybridized carbons (Fsp3) is 0.536. The van der Waals surface area contributed by atoms with Gasteiger partial charge in [0.2, 0.25) is 0 Å². The van der Waals surface area contributed by atoms with E-state index >= 15 is 4.39 Å². The Morgan fingerprint density at radius 2 is 2.02 bits per heavy atom. The van der Waals surface area contributed by atoms with E-state index in [1.165, 1.54) is 6.92 Å². The maximum absolute atomic E-state index is 16.7. The van der Waals surface area contributed by atoms with Crippen LogP contribution in [0.3, 0.4) is 0 Å².